The topological polar surface area (TPSA) is 153 Å². The van der Waals surface area contributed by atoms with E-state index in [0.717, 1.165) is 0 Å². The monoisotopic (exact) mass is 681 g/mol. The van der Waals surface area contributed by atoms with E-state index < -0.39 is 88.3 Å². The van der Waals surface area contributed by atoms with E-state index in [-0.39, 0.29) is 37.4 Å². The molecule has 15 atom stereocenters. The van der Waals surface area contributed by atoms with Crippen LogP contribution in [0.3, 0.4) is 0 Å². The number of rotatable bonds is 9. The van der Waals surface area contributed by atoms with E-state index in [9.17, 15) is 24.9 Å². The molecule has 3 N–H and O–H groups in total. The van der Waals surface area contributed by atoms with E-state index in [1.807, 2.05) is 6.92 Å². The maximum absolute atomic E-state index is 13.8. The Labute approximate surface area is 281 Å². The zero-order chi connectivity index (χ0) is 33.0. The molecule has 6 fully saturated rings. The molecule has 7 rings (SSSR count). The molecular weight excluding hydrogens is 634 g/mol. The Morgan fingerprint density at radius 3 is 2.28 bits per heavy atom. The van der Waals surface area contributed by atoms with E-state index >= 15 is 0 Å². The number of fused-ring (bicyclic) bond motifs is 2. The summed E-state index contributed by atoms with van der Waals surface area (Å²) >= 11 is 0. The fourth-order valence-electron chi connectivity index (χ4n) is 12.3. The molecule has 47 heavy (non-hydrogen) atoms. The lowest BCUT2D eigenvalue weighted by Crippen LogP contribution is -2.81. The van der Waals surface area contributed by atoms with Crippen LogP contribution in [0.2, 0.25) is 0 Å². The van der Waals surface area contributed by atoms with Crippen molar-refractivity contribution in [1.82, 2.24) is 4.90 Å². The van der Waals surface area contributed by atoms with E-state index in [4.69, 9.17) is 28.4 Å². The first-order valence-electron chi connectivity index (χ1n) is 16.3. The molecule has 5 aliphatic carbocycles. The van der Waals surface area contributed by atoms with Crippen molar-refractivity contribution in [3.8, 4) is 0 Å². The first-order chi connectivity index (χ1) is 22.0. The molecule has 1 heterocycles. The fourth-order valence-corrected chi connectivity index (χ4v) is 12.3. The Bertz CT molecular complexity index is 1370. The average Bonchev–Trinajstić information content (AvgIpc) is 3.41. The largest absolute Gasteiger partial charge is 0.455 e. The number of hydrogen-bond donors (Lipinski definition) is 3. The molecule has 1 spiro atoms. The molecule has 6 aliphatic rings. The highest BCUT2D eigenvalue weighted by Crippen LogP contribution is 2.80. The van der Waals surface area contributed by atoms with Gasteiger partial charge in [0.05, 0.1) is 30.5 Å². The highest BCUT2D eigenvalue weighted by Gasteiger charge is 2.92. The molecule has 7 bridgehead atoms. The van der Waals surface area contributed by atoms with E-state index in [1.165, 1.54) is 14.0 Å². The summed E-state index contributed by atoms with van der Waals surface area (Å²) < 4.78 is 37.4. The van der Waals surface area contributed by atoms with Crippen molar-refractivity contribution in [3.63, 3.8) is 0 Å². The molecule has 13 heteroatoms. The third-order valence-corrected chi connectivity index (χ3v) is 13.2. The summed E-state index contributed by atoms with van der Waals surface area (Å²) in [7, 11) is 6.27. The molecule has 262 valence electrons. The van der Waals surface area contributed by atoms with Gasteiger partial charge in [0.1, 0.15) is 23.9 Å². The summed E-state index contributed by atoms with van der Waals surface area (Å²) in [5.41, 5.74) is -4.79. The molecule has 0 radical (unpaired) electrons. The highest BCUT2D eigenvalue weighted by atomic mass is 35.5. The number of carbonyl (C=O) groups is 2. The zero-order valence-corrected chi connectivity index (χ0v) is 28.6. The van der Waals surface area contributed by atoms with Crippen molar-refractivity contribution in [1.29, 1.82) is 0 Å². The molecule has 12 nitrogen and oxygen atoms in total. The quantitative estimate of drug-likeness (QED) is 0.320. The minimum atomic E-state index is -1.83. The smallest absolute Gasteiger partial charge is 0.338 e. The number of likely N-dealkylation sites (tertiary alicyclic amines) is 1. The number of methoxy groups -OCH3 is 4. The predicted molar refractivity (Wildman–Crippen MR) is 168 cm³/mol. The first-order valence-corrected chi connectivity index (χ1v) is 16.3. The predicted octanol–water partition coefficient (Wildman–Crippen LogP) is 1.07. The van der Waals surface area contributed by atoms with Crippen LogP contribution in [0.1, 0.15) is 37.0 Å². The van der Waals surface area contributed by atoms with Crippen LogP contribution >= 0.6 is 12.4 Å². The number of hydrogen-bond acceptors (Lipinski definition) is 12. The number of aliphatic hydroxyl groups excluding tert-OH is 2. The van der Waals surface area contributed by atoms with Crippen LogP contribution in [0.5, 0.6) is 0 Å². The number of nitrogens with zero attached hydrogens (tertiary/aromatic N) is 1. The van der Waals surface area contributed by atoms with Crippen LogP contribution in [0.15, 0.2) is 30.3 Å². The summed E-state index contributed by atoms with van der Waals surface area (Å²) in [4.78, 5) is 29.3. The van der Waals surface area contributed by atoms with E-state index in [1.54, 1.807) is 51.7 Å². The summed E-state index contributed by atoms with van der Waals surface area (Å²) in [6, 6.07) is 8.18. The molecule has 1 aromatic rings. The number of esters is 2. The van der Waals surface area contributed by atoms with Gasteiger partial charge in [0, 0.05) is 83.0 Å². The Morgan fingerprint density at radius 1 is 1.00 bits per heavy atom. The lowest BCUT2D eigenvalue weighted by Gasteiger charge is -2.70. The van der Waals surface area contributed by atoms with Gasteiger partial charge in [-0.05, 0) is 31.0 Å². The molecule has 1 saturated heterocycles. The van der Waals surface area contributed by atoms with Gasteiger partial charge in [-0.25, -0.2) is 4.79 Å². The Balaban J connectivity index is 0.00000386. The standard InChI is InChI=1S/C34H47NO11.ClH/c1-7-35-15-31(16-41-3)20(37)13-21(42-4)33-19-14-32(40)28(45-30(39)18-11-9-8-10-12-18)22(19)34(46-17(2)36,27(38)29(32)44-6)23(26(33)35)24(43-5)25(31)33;/h8-12,19-29,37-38,40H,7,13-16H2,1-6H3;1H/t19-,20-,21+,22-,23+,24+,25-,26-,27+,28-,29+,31+,32-,33+,34-;/m1./s1. The Morgan fingerprint density at radius 2 is 1.70 bits per heavy atom. The second-order valence-corrected chi connectivity index (χ2v) is 14.4. The van der Waals surface area contributed by atoms with Crippen molar-refractivity contribution in [2.24, 2.45) is 34.5 Å². The van der Waals surface area contributed by atoms with Crippen LogP contribution in [-0.4, -0.2) is 134 Å². The minimum absolute atomic E-state index is 0. The first kappa shape index (κ1) is 35.0. The van der Waals surface area contributed by atoms with Gasteiger partial charge in [-0.3, -0.25) is 9.69 Å². The third-order valence-electron chi connectivity index (χ3n) is 13.2. The van der Waals surface area contributed by atoms with Crippen LogP contribution in [0, 0.1) is 34.5 Å². The van der Waals surface area contributed by atoms with Gasteiger partial charge < -0.3 is 43.7 Å². The maximum atomic E-state index is 13.8. The van der Waals surface area contributed by atoms with Crippen LogP contribution in [0.25, 0.3) is 0 Å². The normalized spacial score (nSPS) is 48.8. The van der Waals surface area contributed by atoms with E-state index in [0.29, 0.717) is 25.1 Å². The van der Waals surface area contributed by atoms with Crippen LogP contribution in [0.4, 0.5) is 0 Å². The van der Waals surface area contributed by atoms with Crippen LogP contribution < -0.4 is 0 Å². The molecule has 1 aromatic carbocycles. The number of benzene rings is 1. The molecule has 0 unspecified atom stereocenters. The second-order valence-electron chi connectivity index (χ2n) is 14.4. The summed E-state index contributed by atoms with van der Waals surface area (Å²) in [6.07, 6.45) is -5.49. The zero-order valence-electron chi connectivity index (χ0n) is 27.7. The van der Waals surface area contributed by atoms with Crippen LogP contribution in [-0.2, 0) is 33.2 Å². The lowest BCUT2D eigenvalue weighted by molar-refractivity contribution is -0.322. The summed E-state index contributed by atoms with van der Waals surface area (Å²) in [6.45, 7) is 4.68. The van der Waals surface area contributed by atoms with Crippen molar-refractivity contribution in [2.75, 3.05) is 48.1 Å². The van der Waals surface area contributed by atoms with Gasteiger partial charge in [0.2, 0.25) is 0 Å². The highest BCUT2D eigenvalue weighted by molar-refractivity contribution is 5.89. The molecule has 5 saturated carbocycles. The molecule has 1 aliphatic heterocycles. The molecule has 0 amide bonds. The third kappa shape index (κ3) is 4.05. The SMILES string of the molecule is CCN1C[C@]2(COC)[C@H](O)C[C@H](OC)[C@@]34[C@@H]5C[C@@]6(O)[C@H](OC(=O)c7ccccc7)[C@@H]5[C@@](OC(C)=O)([C@@H]([C@H](OC)[C@H]23)[C@@H]14)[C@@H](O)[C@@H]6OC.Cl. The van der Waals surface area contributed by atoms with Gasteiger partial charge in [-0.15, -0.1) is 12.4 Å². The summed E-state index contributed by atoms with van der Waals surface area (Å²) in [5.74, 6) is -3.65. The fraction of sp³-hybridized carbons (Fsp3) is 0.765. The molecular formula is C34H48ClNO11. The second kappa shape index (κ2) is 11.9. The Hall–Kier alpha value is -1.87. The average molecular weight is 682 g/mol. The van der Waals surface area contributed by atoms with Gasteiger partial charge in [0.25, 0.3) is 0 Å². The maximum Gasteiger partial charge on any atom is 0.338 e. The number of carbonyl (C=O) groups excluding carboxylic acids is 2. The number of halogens is 1. The summed E-state index contributed by atoms with van der Waals surface area (Å²) in [5, 5.41) is 37.3. The number of ether oxygens (including phenoxy) is 6. The Kier molecular flexibility index (Phi) is 8.84. The van der Waals surface area contributed by atoms with E-state index in [2.05, 4.69) is 4.90 Å². The van der Waals surface area contributed by atoms with Gasteiger partial charge in [-0.1, -0.05) is 25.1 Å². The lowest BCUT2D eigenvalue weighted by atomic mass is 9.42. The van der Waals surface area contributed by atoms with Gasteiger partial charge in [-0.2, -0.15) is 0 Å². The van der Waals surface area contributed by atoms with Crippen molar-refractivity contribution < 1.29 is 53.3 Å². The van der Waals surface area contributed by atoms with Gasteiger partial charge >= 0.3 is 11.9 Å². The van der Waals surface area contributed by atoms with Crippen molar-refractivity contribution in [3.05, 3.63) is 35.9 Å². The van der Waals surface area contributed by atoms with Gasteiger partial charge in [0.15, 0.2) is 5.60 Å². The van der Waals surface area contributed by atoms with Crippen molar-refractivity contribution in [2.45, 2.75) is 80.6 Å². The number of piperidine rings is 1. The minimum Gasteiger partial charge on any atom is -0.455 e. The van der Waals surface area contributed by atoms with Crippen molar-refractivity contribution >= 4 is 24.3 Å². The molecule has 0 aromatic heterocycles. The number of aliphatic hydroxyl groups is 3.